The van der Waals surface area contributed by atoms with E-state index in [4.69, 9.17) is 9.84 Å². The summed E-state index contributed by atoms with van der Waals surface area (Å²) in [7, 11) is 3.25. The van der Waals surface area contributed by atoms with Gasteiger partial charge in [-0.05, 0) is 31.2 Å². The summed E-state index contributed by atoms with van der Waals surface area (Å²) in [4.78, 5) is 35.1. The number of ether oxygens (including phenoxy) is 1. The zero-order valence-corrected chi connectivity index (χ0v) is 25.0. The summed E-state index contributed by atoms with van der Waals surface area (Å²) in [5, 5.41) is 14.9. The molecule has 5 rings (SSSR count). The highest BCUT2D eigenvalue weighted by Crippen LogP contribution is 2.34. The van der Waals surface area contributed by atoms with E-state index in [0.29, 0.717) is 17.3 Å². The average Bonchev–Trinajstić information content (AvgIpc) is 3.39. The molecule has 0 aliphatic carbocycles. The Hall–Kier alpha value is -5.45. The van der Waals surface area contributed by atoms with Crippen LogP contribution in [0.25, 0.3) is 16.5 Å². The predicted molar refractivity (Wildman–Crippen MR) is 168 cm³/mol. The normalized spacial score (nSPS) is 11.2. The van der Waals surface area contributed by atoms with Crippen molar-refractivity contribution in [1.29, 1.82) is 0 Å². The maximum Gasteiger partial charge on any atom is 0.324 e. The number of aromatic nitrogens is 4. The molecule has 3 N–H and O–H groups in total. The molecular formula is C32H34N8O3. The van der Waals surface area contributed by atoms with Crippen LogP contribution in [-0.4, -0.2) is 50.8 Å². The largest absolute Gasteiger partial charge is 0.438 e. The number of nitrogens with one attached hydrogen (secondary N) is 3. The molecule has 0 saturated carbocycles. The molecule has 11 heteroatoms. The Morgan fingerprint density at radius 1 is 0.884 bits per heavy atom. The van der Waals surface area contributed by atoms with Gasteiger partial charge in [0, 0.05) is 48.6 Å². The molecule has 0 fully saturated rings. The highest BCUT2D eigenvalue weighted by Gasteiger charge is 2.22. The van der Waals surface area contributed by atoms with Gasteiger partial charge in [0.2, 0.25) is 11.8 Å². The Labute approximate surface area is 249 Å². The smallest absolute Gasteiger partial charge is 0.324 e. The fraction of sp³-hybridized carbons (Fsp3) is 0.219. The van der Waals surface area contributed by atoms with Crippen LogP contribution in [0.4, 0.5) is 27.0 Å². The minimum atomic E-state index is -0.412. The first-order chi connectivity index (χ1) is 20.5. The van der Waals surface area contributed by atoms with E-state index in [0.717, 1.165) is 27.7 Å². The van der Waals surface area contributed by atoms with Gasteiger partial charge in [-0.3, -0.25) is 10.6 Å². The van der Waals surface area contributed by atoms with Crippen LogP contribution < -0.4 is 20.7 Å². The minimum Gasteiger partial charge on any atom is -0.438 e. The van der Waals surface area contributed by atoms with Crippen LogP contribution in [-0.2, 0) is 5.41 Å². The third kappa shape index (κ3) is 6.72. The lowest BCUT2D eigenvalue weighted by atomic mass is 9.92. The molecule has 2 heterocycles. The summed E-state index contributed by atoms with van der Waals surface area (Å²) in [6.07, 6.45) is 1.50. The van der Waals surface area contributed by atoms with Crippen LogP contribution in [0.3, 0.4) is 0 Å². The Bertz CT molecular complexity index is 1790. The van der Waals surface area contributed by atoms with Gasteiger partial charge in [0.25, 0.3) is 0 Å². The lowest BCUT2D eigenvalue weighted by molar-refractivity contribution is 0.230. The summed E-state index contributed by atoms with van der Waals surface area (Å²) in [5.41, 5.74) is 3.22. The molecule has 43 heavy (non-hydrogen) atoms. The average molecular weight is 579 g/mol. The van der Waals surface area contributed by atoms with Crippen LogP contribution in [0.15, 0.2) is 79.0 Å². The molecule has 0 radical (unpaired) electrons. The first-order valence-electron chi connectivity index (χ1n) is 13.7. The lowest BCUT2D eigenvalue weighted by Gasteiger charge is -2.14. The van der Waals surface area contributed by atoms with E-state index in [1.807, 2.05) is 61.5 Å². The standard InChI is InChI=1S/C32H34N8O3/c1-20-11-13-21(14-12-20)40-27(19-26(38-40)32(2,3)4)35-30(41)34-24-15-16-25(23-10-8-7-9-22(23)24)43-28-17-18-33-29(36-28)37-31(42)39(5)6/h7-19H,1-6H3,(H2,34,35,41)(H,33,36,37,42). The molecular weight excluding hydrogens is 544 g/mol. The number of amides is 4. The van der Waals surface area contributed by atoms with Gasteiger partial charge < -0.3 is 15.0 Å². The van der Waals surface area contributed by atoms with Gasteiger partial charge in [0.05, 0.1) is 17.1 Å². The number of carbonyl (C=O) groups is 2. The number of anilines is 3. The van der Waals surface area contributed by atoms with Crippen molar-refractivity contribution < 1.29 is 14.3 Å². The first-order valence-corrected chi connectivity index (χ1v) is 13.7. The van der Waals surface area contributed by atoms with Crippen molar-refractivity contribution in [2.24, 2.45) is 0 Å². The molecule has 4 amide bonds. The number of rotatable bonds is 6. The van der Waals surface area contributed by atoms with Gasteiger partial charge in [0.1, 0.15) is 11.6 Å². The molecule has 0 spiro atoms. The Balaban J connectivity index is 1.39. The number of nitrogens with zero attached hydrogens (tertiary/aromatic N) is 5. The second-order valence-electron chi connectivity index (χ2n) is 11.3. The van der Waals surface area contributed by atoms with Crippen molar-refractivity contribution in [3.05, 3.63) is 90.3 Å². The van der Waals surface area contributed by atoms with Crippen molar-refractivity contribution >= 4 is 40.3 Å². The molecule has 0 unspecified atom stereocenters. The summed E-state index contributed by atoms with van der Waals surface area (Å²) < 4.78 is 7.82. The third-order valence-electron chi connectivity index (χ3n) is 6.60. The Kier molecular flexibility index (Phi) is 7.98. The molecule has 5 aromatic rings. The van der Waals surface area contributed by atoms with Crippen molar-refractivity contribution in [1.82, 2.24) is 24.6 Å². The van der Waals surface area contributed by atoms with Gasteiger partial charge in [0.15, 0.2) is 0 Å². The van der Waals surface area contributed by atoms with Gasteiger partial charge in [-0.2, -0.15) is 10.1 Å². The number of aryl methyl sites for hydroxylation is 1. The maximum atomic E-state index is 13.3. The summed E-state index contributed by atoms with van der Waals surface area (Å²) in [6.45, 7) is 8.26. The van der Waals surface area contributed by atoms with E-state index in [1.54, 1.807) is 37.0 Å². The van der Waals surface area contributed by atoms with Crippen LogP contribution >= 0.6 is 0 Å². The molecule has 0 atom stereocenters. The molecule has 220 valence electrons. The van der Waals surface area contributed by atoms with Crippen LogP contribution in [0.5, 0.6) is 11.6 Å². The second kappa shape index (κ2) is 11.8. The quantitative estimate of drug-likeness (QED) is 0.200. The van der Waals surface area contributed by atoms with E-state index in [1.165, 1.54) is 11.1 Å². The molecule has 0 aliphatic rings. The van der Waals surface area contributed by atoms with Crippen molar-refractivity contribution in [3.63, 3.8) is 0 Å². The van der Waals surface area contributed by atoms with Crippen molar-refractivity contribution in [3.8, 4) is 17.3 Å². The molecule has 0 saturated heterocycles. The van der Waals surface area contributed by atoms with Crippen LogP contribution in [0, 0.1) is 6.92 Å². The van der Waals surface area contributed by atoms with E-state index >= 15 is 0 Å². The number of benzene rings is 3. The fourth-order valence-corrected chi connectivity index (χ4v) is 4.24. The lowest BCUT2D eigenvalue weighted by Crippen LogP contribution is -2.28. The fourth-order valence-electron chi connectivity index (χ4n) is 4.24. The van der Waals surface area contributed by atoms with E-state index in [-0.39, 0.29) is 23.3 Å². The SMILES string of the molecule is Cc1ccc(-n2nc(C(C)(C)C)cc2NC(=O)Nc2ccc(Oc3ccnc(NC(=O)N(C)C)n3)c3ccccc23)cc1. The van der Waals surface area contributed by atoms with E-state index in [9.17, 15) is 9.59 Å². The number of carbonyl (C=O) groups excluding carboxylic acids is 2. The molecule has 3 aromatic carbocycles. The topological polar surface area (TPSA) is 126 Å². The highest BCUT2D eigenvalue weighted by molar-refractivity contribution is 6.07. The zero-order chi connectivity index (χ0) is 30.7. The van der Waals surface area contributed by atoms with Crippen molar-refractivity contribution in [2.45, 2.75) is 33.1 Å². The van der Waals surface area contributed by atoms with E-state index < -0.39 is 6.03 Å². The summed E-state index contributed by atoms with van der Waals surface area (Å²) in [5.74, 6) is 1.45. The zero-order valence-electron chi connectivity index (χ0n) is 25.0. The van der Waals surface area contributed by atoms with E-state index in [2.05, 4.69) is 46.7 Å². The number of fused-ring (bicyclic) bond motifs is 1. The number of urea groups is 2. The highest BCUT2D eigenvalue weighted by atomic mass is 16.5. The Morgan fingerprint density at radius 3 is 2.30 bits per heavy atom. The van der Waals surface area contributed by atoms with Gasteiger partial charge in [-0.25, -0.2) is 19.3 Å². The number of hydrogen-bond acceptors (Lipinski definition) is 6. The minimum absolute atomic E-state index is 0.120. The second-order valence-corrected chi connectivity index (χ2v) is 11.3. The van der Waals surface area contributed by atoms with Gasteiger partial charge in [-0.1, -0.05) is 62.7 Å². The van der Waals surface area contributed by atoms with Gasteiger partial charge >= 0.3 is 12.1 Å². The van der Waals surface area contributed by atoms with Gasteiger partial charge in [-0.15, -0.1) is 0 Å². The molecule has 0 aliphatic heterocycles. The third-order valence-corrected chi connectivity index (χ3v) is 6.60. The summed E-state index contributed by atoms with van der Waals surface area (Å²) >= 11 is 0. The van der Waals surface area contributed by atoms with Crippen molar-refractivity contribution in [2.75, 3.05) is 30.0 Å². The molecule has 11 nitrogen and oxygen atoms in total. The molecule has 0 bridgehead atoms. The van der Waals surface area contributed by atoms with Crippen LogP contribution in [0.1, 0.15) is 32.0 Å². The maximum absolute atomic E-state index is 13.3. The summed E-state index contributed by atoms with van der Waals surface area (Å²) in [6, 6.07) is 21.8. The number of hydrogen-bond donors (Lipinski definition) is 3. The monoisotopic (exact) mass is 578 g/mol. The Morgan fingerprint density at radius 2 is 1.60 bits per heavy atom. The van der Waals surface area contributed by atoms with Crippen LogP contribution in [0.2, 0.25) is 0 Å². The predicted octanol–water partition coefficient (Wildman–Crippen LogP) is 6.95. The first kappa shape index (κ1) is 29.1. The molecule has 2 aromatic heterocycles.